The van der Waals surface area contributed by atoms with Gasteiger partial charge in [-0.1, -0.05) is 43.5 Å². The fraction of sp³-hybridized carbons (Fsp3) is 0.500. The maximum Gasteiger partial charge on any atom is 0.325 e. The number of nitrogens with zero attached hydrogens (tertiary/aromatic N) is 2. The largest absolute Gasteiger partial charge is 0.465 e. The maximum absolute atomic E-state index is 13.1. The zero-order valence-electron chi connectivity index (χ0n) is 15.8. The van der Waals surface area contributed by atoms with Crippen molar-refractivity contribution >= 4 is 23.5 Å². The van der Waals surface area contributed by atoms with Gasteiger partial charge in [0.05, 0.1) is 25.2 Å². The smallest absolute Gasteiger partial charge is 0.325 e. The molecule has 2 aliphatic heterocycles. The summed E-state index contributed by atoms with van der Waals surface area (Å²) < 4.78 is 5.06. The molecule has 0 radical (unpaired) electrons. The van der Waals surface area contributed by atoms with Crippen molar-refractivity contribution in [3.63, 3.8) is 0 Å². The molecule has 3 rings (SSSR count). The average molecular weight is 392 g/mol. The molecule has 0 bridgehead atoms. The third-order valence-corrected chi connectivity index (χ3v) is 5.20. The van der Waals surface area contributed by atoms with Crippen LogP contribution in [0, 0.1) is 0 Å². The van der Waals surface area contributed by atoms with Gasteiger partial charge in [-0.05, 0) is 37.1 Å². The van der Waals surface area contributed by atoms with Crippen molar-refractivity contribution in [2.75, 3.05) is 19.7 Å². The van der Waals surface area contributed by atoms with E-state index in [-0.39, 0.29) is 30.5 Å². The summed E-state index contributed by atoms with van der Waals surface area (Å²) in [5.74, 6) is -0.485. The molecule has 0 saturated carbocycles. The molecule has 1 unspecified atom stereocenters. The van der Waals surface area contributed by atoms with E-state index in [4.69, 9.17) is 16.3 Å². The second kappa shape index (κ2) is 8.76. The van der Waals surface area contributed by atoms with Crippen molar-refractivity contribution in [3.05, 3.63) is 46.6 Å². The van der Waals surface area contributed by atoms with Gasteiger partial charge in [-0.15, -0.1) is 0 Å². The molecule has 0 aromatic heterocycles. The lowest BCUT2D eigenvalue weighted by molar-refractivity contribution is -0.151. The highest BCUT2D eigenvalue weighted by molar-refractivity contribution is 6.30. The molecule has 6 nitrogen and oxygen atoms in total. The number of nitrogens with one attached hydrogen (secondary N) is 1. The predicted octanol–water partition coefficient (Wildman–Crippen LogP) is 3.05. The Morgan fingerprint density at radius 2 is 2.04 bits per heavy atom. The quantitative estimate of drug-likeness (QED) is 0.724. The van der Waals surface area contributed by atoms with Crippen LogP contribution in [0.1, 0.15) is 44.7 Å². The number of hydrazine groups is 1. The van der Waals surface area contributed by atoms with Gasteiger partial charge in [0.15, 0.2) is 0 Å². The van der Waals surface area contributed by atoms with Crippen LogP contribution < -0.4 is 5.43 Å². The third-order valence-electron chi connectivity index (χ3n) is 4.95. The number of unbranched alkanes of at least 4 members (excludes halogenated alkanes) is 1. The Morgan fingerprint density at radius 3 is 2.70 bits per heavy atom. The van der Waals surface area contributed by atoms with E-state index >= 15 is 0 Å². The fourth-order valence-electron chi connectivity index (χ4n) is 3.56. The van der Waals surface area contributed by atoms with Crippen LogP contribution in [-0.2, 0) is 14.3 Å². The molecule has 1 aromatic rings. The van der Waals surface area contributed by atoms with Gasteiger partial charge in [-0.2, -0.15) is 0 Å². The monoisotopic (exact) mass is 391 g/mol. The Balaban J connectivity index is 1.80. The summed E-state index contributed by atoms with van der Waals surface area (Å²) >= 11 is 5.97. The minimum Gasteiger partial charge on any atom is -0.465 e. The summed E-state index contributed by atoms with van der Waals surface area (Å²) in [6.45, 7) is 4.86. The number of carbonyl (C=O) groups excluding carboxylic acids is 2. The van der Waals surface area contributed by atoms with E-state index in [0.717, 1.165) is 24.8 Å². The van der Waals surface area contributed by atoms with E-state index < -0.39 is 0 Å². The number of ether oxygens (including phenoxy) is 1. The lowest BCUT2D eigenvalue weighted by Gasteiger charge is -2.41. The van der Waals surface area contributed by atoms with Crippen molar-refractivity contribution in [1.82, 2.24) is 15.3 Å². The SMILES string of the molecule is CCCC[C@H]1CN2NC(c3ccc(Cl)cc3)C=C2C(=O)N1CC(=O)OCC. The van der Waals surface area contributed by atoms with Gasteiger partial charge in [-0.3, -0.25) is 9.59 Å². The van der Waals surface area contributed by atoms with Crippen LogP contribution in [0.4, 0.5) is 0 Å². The average Bonchev–Trinajstić information content (AvgIpc) is 3.08. The highest BCUT2D eigenvalue weighted by atomic mass is 35.5. The highest BCUT2D eigenvalue weighted by Gasteiger charge is 2.40. The number of amides is 1. The fourth-order valence-corrected chi connectivity index (χ4v) is 3.68. The van der Waals surface area contributed by atoms with Crippen LogP contribution >= 0.6 is 11.6 Å². The number of benzene rings is 1. The molecule has 1 aromatic carbocycles. The molecule has 0 aliphatic carbocycles. The molecular formula is C20H26ClN3O3. The molecule has 1 N–H and O–H groups in total. The Kier molecular flexibility index (Phi) is 6.39. The zero-order chi connectivity index (χ0) is 19.4. The van der Waals surface area contributed by atoms with Gasteiger partial charge < -0.3 is 14.6 Å². The molecule has 2 atom stereocenters. The van der Waals surface area contributed by atoms with Crippen molar-refractivity contribution < 1.29 is 14.3 Å². The molecule has 1 saturated heterocycles. The van der Waals surface area contributed by atoms with E-state index in [9.17, 15) is 9.59 Å². The summed E-state index contributed by atoms with van der Waals surface area (Å²) in [5.41, 5.74) is 5.03. The normalized spacial score (nSPS) is 21.9. The second-order valence-electron chi connectivity index (χ2n) is 6.85. The van der Waals surface area contributed by atoms with E-state index in [1.807, 2.05) is 35.4 Å². The molecule has 1 fully saturated rings. The summed E-state index contributed by atoms with van der Waals surface area (Å²) in [5, 5.41) is 2.60. The van der Waals surface area contributed by atoms with Gasteiger partial charge in [0.25, 0.3) is 5.91 Å². The van der Waals surface area contributed by atoms with E-state index in [0.29, 0.717) is 23.9 Å². The molecule has 27 heavy (non-hydrogen) atoms. The molecule has 2 aliphatic rings. The van der Waals surface area contributed by atoms with Crippen molar-refractivity contribution in [2.45, 2.75) is 45.2 Å². The lowest BCUT2D eigenvalue weighted by Crippen LogP contribution is -2.57. The van der Waals surface area contributed by atoms with Gasteiger partial charge in [0.1, 0.15) is 12.2 Å². The minimum atomic E-state index is -0.360. The number of rotatable bonds is 7. The first kappa shape index (κ1) is 19.7. The van der Waals surface area contributed by atoms with Crippen molar-refractivity contribution in [1.29, 1.82) is 0 Å². The number of carbonyl (C=O) groups is 2. The Hall–Kier alpha value is -2.05. The number of hydrogen-bond acceptors (Lipinski definition) is 5. The predicted molar refractivity (Wildman–Crippen MR) is 104 cm³/mol. The summed E-state index contributed by atoms with van der Waals surface area (Å²) in [7, 11) is 0. The summed E-state index contributed by atoms with van der Waals surface area (Å²) in [4.78, 5) is 26.8. The summed E-state index contributed by atoms with van der Waals surface area (Å²) in [6, 6.07) is 7.47. The van der Waals surface area contributed by atoms with Crippen LogP contribution in [0.25, 0.3) is 0 Å². The number of esters is 1. The van der Waals surface area contributed by atoms with Gasteiger partial charge >= 0.3 is 5.97 Å². The first-order chi connectivity index (χ1) is 13.0. The van der Waals surface area contributed by atoms with E-state index in [1.165, 1.54) is 0 Å². The topological polar surface area (TPSA) is 61.9 Å². The molecule has 1 amide bonds. The number of hydrogen-bond donors (Lipinski definition) is 1. The van der Waals surface area contributed by atoms with E-state index in [2.05, 4.69) is 12.3 Å². The zero-order valence-corrected chi connectivity index (χ0v) is 16.5. The standard InChI is InChI=1S/C20H26ClN3O3/c1-3-5-6-16-12-24-18(20(26)23(16)13-19(25)27-4-2)11-17(22-24)14-7-9-15(21)10-8-14/h7-11,16-17,22H,3-6,12-13H2,1-2H3/t16-,17?/m0/s1. The molecule has 146 valence electrons. The third kappa shape index (κ3) is 4.45. The van der Waals surface area contributed by atoms with E-state index in [1.54, 1.807) is 11.8 Å². The Labute approximate surface area is 165 Å². The highest BCUT2D eigenvalue weighted by Crippen LogP contribution is 2.31. The Morgan fingerprint density at radius 1 is 1.30 bits per heavy atom. The first-order valence-electron chi connectivity index (χ1n) is 9.51. The number of fused-ring (bicyclic) bond motifs is 1. The molecular weight excluding hydrogens is 366 g/mol. The molecule has 2 heterocycles. The Bertz CT molecular complexity index is 720. The van der Waals surface area contributed by atoms with Gasteiger partial charge in [0.2, 0.25) is 0 Å². The van der Waals surface area contributed by atoms with Crippen molar-refractivity contribution in [2.24, 2.45) is 0 Å². The lowest BCUT2D eigenvalue weighted by atomic mass is 10.0. The second-order valence-corrected chi connectivity index (χ2v) is 7.29. The van der Waals surface area contributed by atoms with Gasteiger partial charge in [-0.25, -0.2) is 5.43 Å². The van der Waals surface area contributed by atoms with Crippen LogP contribution in [0.2, 0.25) is 5.02 Å². The summed E-state index contributed by atoms with van der Waals surface area (Å²) in [6.07, 6.45) is 4.82. The molecule has 0 spiro atoms. The van der Waals surface area contributed by atoms with Crippen LogP contribution in [-0.4, -0.2) is 47.5 Å². The van der Waals surface area contributed by atoms with Crippen LogP contribution in [0.5, 0.6) is 0 Å². The number of piperazine rings is 1. The van der Waals surface area contributed by atoms with Crippen molar-refractivity contribution in [3.8, 4) is 0 Å². The van der Waals surface area contributed by atoms with Crippen LogP contribution in [0.15, 0.2) is 36.0 Å². The maximum atomic E-state index is 13.1. The van der Waals surface area contributed by atoms with Gasteiger partial charge in [0, 0.05) is 5.02 Å². The molecule has 7 heteroatoms. The minimum absolute atomic E-state index is 0.00214. The first-order valence-corrected chi connectivity index (χ1v) is 9.88. The van der Waals surface area contributed by atoms with Crippen LogP contribution in [0.3, 0.4) is 0 Å². The number of halogens is 1.